The first-order valence-electron chi connectivity index (χ1n) is 6.89. The Bertz CT molecular complexity index is 483. The maximum absolute atomic E-state index is 10.9. The number of rotatable bonds is 3. The van der Waals surface area contributed by atoms with Crippen LogP contribution in [0.15, 0.2) is 12.3 Å². The molecular weight excluding hydrogens is 242 g/mol. The van der Waals surface area contributed by atoms with Gasteiger partial charge in [0, 0.05) is 23.7 Å². The molecule has 2 unspecified atom stereocenters. The second-order valence-electron chi connectivity index (χ2n) is 5.70. The number of hydrogen-bond donors (Lipinski definition) is 1. The zero-order valence-corrected chi connectivity index (χ0v) is 11.1. The predicted molar refractivity (Wildman–Crippen MR) is 70.0 cm³/mol. The van der Waals surface area contributed by atoms with E-state index in [4.69, 9.17) is 5.11 Å². The maximum Gasteiger partial charge on any atom is 0.307 e. The molecule has 102 valence electrons. The molecule has 1 saturated heterocycles. The Labute approximate surface area is 112 Å². The Kier molecular flexibility index (Phi) is 3.22. The van der Waals surface area contributed by atoms with Gasteiger partial charge in [-0.2, -0.15) is 0 Å². The molecule has 1 aliphatic heterocycles. The Hall–Kier alpha value is -1.49. The van der Waals surface area contributed by atoms with Crippen LogP contribution in [0.1, 0.15) is 42.6 Å². The van der Waals surface area contributed by atoms with Gasteiger partial charge < -0.3 is 10.0 Å². The van der Waals surface area contributed by atoms with Gasteiger partial charge in [-0.05, 0) is 45.5 Å². The molecule has 5 heteroatoms. The highest BCUT2D eigenvalue weighted by Gasteiger charge is 2.46. The first-order chi connectivity index (χ1) is 9.15. The van der Waals surface area contributed by atoms with Crippen molar-refractivity contribution in [3.8, 4) is 0 Å². The van der Waals surface area contributed by atoms with Gasteiger partial charge in [0.25, 0.3) is 0 Å². The fraction of sp³-hybridized carbons (Fsp3) is 0.643. The van der Waals surface area contributed by atoms with E-state index >= 15 is 0 Å². The van der Waals surface area contributed by atoms with Gasteiger partial charge in [-0.15, -0.1) is 0 Å². The van der Waals surface area contributed by atoms with Gasteiger partial charge in [0.2, 0.25) is 0 Å². The van der Waals surface area contributed by atoms with Crippen LogP contribution < -0.4 is 0 Å². The van der Waals surface area contributed by atoms with E-state index < -0.39 is 5.97 Å². The molecule has 0 bridgehead atoms. The fourth-order valence-electron chi connectivity index (χ4n) is 2.85. The number of carboxylic acid groups (broad SMARTS) is 1. The number of likely N-dealkylation sites (tertiary alicyclic amines) is 1. The second kappa shape index (κ2) is 4.89. The molecule has 5 nitrogen and oxygen atoms in total. The molecule has 1 aromatic heterocycles. The van der Waals surface area contributed by atoms with Crippen LogP contribution in [0.4, 0.5) is 0 Å². The minimum atomic E-state index is -0.724. The highest BCUT2D eigenvalue weighted by Crippen LogP contribution is 2.46. The third kappa shape index (κ3) is 2.61. The molecule has 0 amide bonds. The Balaban J connectivity index is 1.72. The quantitative estimate of drug-likeness (QED) is 0.892. The van der Waals surface area contributed by atoms with Crippen LogP contribution in [0.25, 0.3) is 0 Å². The lowest BCUT2D eigenvalue weighted by Gasteiger charge is -2.28. The number of aromatic nitrogens is 2. The predicted octanol–water partition coefficient (Wildman–Crippen LogP) is 1.47. The topological polar surface area (TPSA) is 66.3 Å². The first-order valence-corrected chi connectivity index (χ1v) is 6.89. The molecule has 2 heterocycles. The van der Waals surface area contributed by atoms with E-state index in [1.165, 1.54) is 0 Å². The summed E-state index contributed by atoms with van der Waals surface area (Å²) < 4.78 is 0. The van der Waals surface area contributed by atoms with Crippen molar-refractivity contribution in [2.75, 3.05) is 20.1 Å². The van der Waals surface area contributed by atoms with Crippen molar-refractivity contribution in [2.45, 2.75) is 31.1 Å². The van der Waals surface area contributed by atoms with Crippen molar-refractivity contribution < 1.29 is 9.90 Å². The highest BCUT2D eigenvalue weighted by molar-refractivity contribution is 5.74. The van der Waals surface area contributed by atoms with Crippen LogP contribution >= 0.6 is 0 Å². The minimum absolute atomic E-state index is 0.0312. The first kappa shape index (κ1) is 12.5. The smallest absolute Gasteiger partial charge is 0.307 e. The zero-order valence-electron chi connectivity index (χ0n) is 11.1. The van der Waals surface area contributed by atoms with Gasteiger partial charge in [0.05, 0.1) is 5.92 Å². The van der Waals surface area contributed by atoms with Crippen LogP contribution in [-0.4, -0.2) is 46.1 Å². The van der Waals surface area contributed by atoms with Crippen LogP contribution in [0.2, 0.25) is 0 Å². The SMILES string of the molecule is CN1CCC(c2ccnc(C3CC3C(=O)O)n2)CC1. The second-order valence-corrected chi connectivity index (χ2v) is 5.70. The van der Waals surface area contributed by atoms with E-state index in [2.05, 4.69) is 21.9 Å². The molecule has 19 heavy (non-hydrogen) atoms. The van der Waals surface area contributed by atoms with Crippen molar-refractivity contribution in [1.29, 1.82) is 0 Å². The van der Waals surface area contributed by atoms with E-state index in [1.54, 1.807) is 6.20 Å². The standard InChI is InChI=1S/C14H19N3O2/c1-17-6-3-9(4-7-17)12-2-5-15-13(16-12)10-8-11(10)14(18)19/h2,5,9-11H,3-4,6-8H2,1H3,(H,18,19). The average Bonchev–Trinajstić information content (AvgIpc) is 3.20. The fourth-order valence-corrected chi connectivity index (χ4v) is 2.85. The molecule has 3 rings (SSSR count). The van der Waals surface area contributed by atoms with E-state index in [9.17, 15) is 4.79 Å². The third-order valence-corrected chi connectivity index (χ3v) is 4.27. The summed E-state index contributed by atoms with van der Waals surface area (Å²) >= 11 is 0. The summed E-state index contributed by atoms with van der Waals surface area (Å²) in [5.74, 6) is 0.263. The molecule has 1 saturated carbocycles. The van der Waals surface area contributed by atoms with Crippen molar-refractivity contribution in [2.24, 2.45) is 5.92 Å². The van der Waals surface area contributed by atoms with Crippen LogP contribution in [0.5, 0.6) is 0 Å². The number of carboxylic acids is 1. The molecule has 0 aromatic carbocycles. The van der Waals surface area contributed by atoms with Crippen molar-refractivity contribution in [3.63, 3.8) is 0 Å². The summed E-state index contributed by atoms with van der Waals surface area (Å²) in [6.45, 7) is 2.20. The lowest BCUT2D eigenvalue weighted by atomic mass is 9.93. The molecule has 2 fully saturated rings. The van der Waals surface area contributed by atoms with Gasteiger partial charge in [-0.3, -0.25) is 4.79 Å². The number of carbonyl (C=O) groups is 1. The van der Waals surface area contributed by atoms with Gasteiger partial charge in [-0.1, -0.05) is 0 Å². The van der Waals surface area contributed by atoms with Crippen molar-refractivity contribution in [3.05, 3.63) is 23.8 Å². The summed E-state index contributed by atoms with van der Waals surface area (Å²) in [6, 6.07) is 1.98. The number of nitrogens with zero attached hydrogens (tertiary/aromatic N) is 3. The third-order valence-electron chi connectivity index (χ3n) is 4.27. The minimum Gasteiger partial charge on any atom is -0.481 e. The monoisotopic (exact) mass is 261 g/mol. The normalized spacial score (nSPS) is 28.3. The molecule has 1 aromatic rings. The Morgan fingerprint density at radius 2 is 2.16 bits per heavy atom. The maximum atomic E-state index is 10.9. The largest absolute Gasteiger partial charge is 0.481 e. The summed E-state index contributed by atoms with van der Waals surface area (Å²) in [4.78, 5) is 22.1. The molecule has 2 atom stereocenters. The summed E-state index contributed by atoms with van der Waals surface area (Å²) in [5, 5.41) is 8.97. The molecule has 0 radical (unpaired) electrons. The molecule has 2 aliphatic rings. The molecule has 0 spiro atoms. The van der Waals surface area contributed by atoms with Gasteiger partial charge in [0.15, 0.2) is 0 Å². The van der Waals surface area contributed by atoms with Gasteiger partial charge in [-0.25, -0.2) is 9.97 Å². The molecule has 1 N–H and O–H groups in total. The molecule has 1 aliphatic carbocycles. The van der Waals surface area contributed by atoms with Crippen LogP contribution in [0.3, 0.4) is 0 Å². The lowest BCUT2D eigenvalue weighted by molar-refractivity contribution is -0.138. The van der Waals surface area contributed by atoms with E-state index in [0.29, 0.717) is 12.3 Å². The lowest BCUT2D eigenvalue weighted by Crippen LogP contribution is -2.29. The zero-order chi connectivity index (χ0) is 13.4. The van der Waals surface area contributed by atoms with Gasteiger partial charge in [0.1, 0.15) is 5.82 Å². The number of piperidine rings is 1. The van der Waals surface area contributed by atoms with E-state index in [0.717, 1.165) is 37.4 Å². The van der Waals surface area contributed by atoms with Crippen LogP contribution in [-0.2, 0) is 4.79 Å². The molecular formula is C14H19N3O2. The number of aliphatic carboxylic acids is 1. The number of hydrogen-bond acceptors (Lipinski definition) is 4. The summed E-state index contributed by atoms with van der Waals surface area (Å²) in [7, 11) is 2.14. The summed E-state index contributed by atoms with van der Waals surface area (Å²) in [6.07, 6.45) is 4.72. The van der Waals surface area contributed by atoms with Crippen molar-refractivity contribution >= 4 is 5.97 Å². The highest BCUT2D eigenvalue weighted by atomic mass is 16.4. The Morgan fingerprint density at radius 3 is 2.79 bits per heavy atom. The van der Waals surface area contributed by atoms with Crippen LogP contribution in [0, 0.1) is 5.92 Å². The Morgan fingerprint density at radius 1 is 1.42 bits per heavy atom. The van der Waals surface area contributed by atoms with Crippen molar-refractivity contribution in [1.82, 2.24) is 14.9 Å². The average molecular weight is 261 g/mol. The van der Waals surface area contributed by atoms with Gasteiger partial charge >= 0.3 is 5.97 Å². The summed E-state index contributed by atoms with van der Waals surface area (Å²) in [5.41, 5.74) is 1.09. The van der Waals surface area contributed by atoms with E-state index in [-0.39, 0.29) is 11.8 Å². The van der Waals surface area contributed by atoms with E-state index in [1.807, 2.05) is 6.07 Å².